The van der Waals surface area contributed by atoms with Crippen molar-refractivity contribution in [1.29, 1.82) is 0 Å². The first-order chi connectivity index (χ1) is 4.41. The molecule has 0 fully saturated rings. The van der Waals surface area contributed by atoms with Gasteiger partial charge in [-0.2, -0.15) is 11.8 Å². The number of hydrogen-bond acceptors (Lipinski definition) is 2. The molecule has 0 atom stereocenters. The van der Waals surface area contributed by atoms with Crippen LogP contribution in [0.5, 0.6) is 0 Å². The van der Waals surface area contributed by atoms with Gasteiger partial charge in [-0.3, -0.25) is 0 Å². The summed E-state index contributed by atoms with van der Waals surface area (Å²) in [5.74, 6) is 0. The zero-order valence-electron chi connectivity index (χ0n) is 7.99. The monoisotopic (exact) mass is 153 g/mol. The molecule has 0 unspecified atom stereocenters. The Hall–Kier alpha value is 0.310. The van der Waals surface area contributed by atoms with Gasteiger partial charge in [0.05, 0.1) is 0 Å². The third-order valence-electron chi connectivity index (χ3n) is 0. The Balaban J connectivity index is -0.0000000190. The summed E-state index contributed by atoms with van der Waals surface area (Å²) >= 11 is 1.75. The lowest BCUT2D eigenvalue weighted by molar-refractivity contribution is 1.48. The van der Waals surface area contributed by atoms with Crippen molar-refractivity contribution in [2.24, 2.45) is 5.73 Å². The lowest BCUT2D eigenvalue weighted by Crippen LogP contribution is -1.69. The predicted octanol–water partition coefficient (Wildman–Crippen LogP) is 2.61. The highest BCUT2D eigenvalue weighted by molar-refractivity contribution is 7.97. The molecule has 0 radical (unpaired) electrons. The molecule has 0 aromatic carbocycles. The van der Waals surface area contributed by atoms with Crippen LogP contribution in [0.4, 0.5) is 0 Å². The standard InChI is InChI=1S/C2H6S.2C2H6.CH5N/c1-3-2;3*1-2/h1-2H3;2*1-2H3;2H2,1H3. The highest BCUT2D eigenvalue weighted by Crippen LogP contribution is 1.70. The molecular weight excluding hydrogens is 130 g/mol. The van der Waals surface area contributed by atoms with Crippen molar-refractivity contribution in [3.63, 3.8) is 0 Å². The van der Waals surface area contributed by atoms with Gasteiger partial charge in [-0.05, 0) is 19.6 Å². The minimum Gasteiger partial charge on any atom is -0.333 e. The van der Waals surface area contributed by atoms with Gasteiger partial charge >= 0.3 is 0 Å². The molecule has 62 valence electrons. The Morgan fingerprint density at radius 3 is 0.778 bits per heavy atom. The first kappa shape index (κ1) is 22.8. The molecule has 0 aromatic heterocycles. The second kappa shape index (κ2) is 259. The SMILES string of the molecule is CC.CC.CN.CSC. The molecule has 0 rings (SSSR count). The average Bonchev–Trinajstić information content (AvgIpc) is 2.01. The Bertz CT molecular complexity index is 8.88. The van der Waals surface area contributed by atoms with Crippen LogP contribution in [0, 0.1) is 0 Å². The predicted molar refractivity (Wildman–Crippen MR) is 52.2 cm³/mol. The molecule has 0 bridgehead atoms. The highest BCUT2D eigenvalue weighted by Gasteiger charge is 1.32. The summed E-state index contributed by atoms with van der Waals surface area (Å²) in [4.78, 5) is 0. The van der Waals surface area contributed by atoms with Gasteiger partial charge < -0.3 is 5.73 Å². The molecule has 9 heavy (non-hydrogen) atoms. The molecule has 2 N–H and O–H groups in total. The molecule has 0 heterocycles. The minimum atomic E-state index is 1.50. The Kier molecular flexibility index (Phi) is 656. The van der Waals surface area contributed by atoms with Gasteiger partial charge in [0.2, 0.25) is 0 Å². The van der Waals surface area contributed by atoms with E-state index in [1.54, 1.807) is 11.8 Å². The average molecular weight is 153 g/mol. The normalized spacial score (nSPS) is 4.00. The number of hydrogen-bond donors (Lipinski definition) is 1. The van der Waals surface area contributed by atoms with Gasteiger partial charge in [0.1, 0.15) is 0 Å². The van der Waals surface area contributed by atoms with Crippen LogP contribution in [0.15, 0.2) is 0 Å². The fraction of sp³-hybridized carbons (Fsp3) is 1.00. The van der Waals surface area contributed by atoms with E-state index in [4.69, 9.17) is 0 Å². The zero-order valence-corrected chi connectivity index (χ0v) is 8.80. The first-order valence-electron chi connectivity index (χ1n) is 3.39. The van der Waals surface area contributed by atoms with E-state index in [0.717, 1.165) is 0 Å². The van der Waals surface area contributed by atoms with E-state index in [2.05, 4.69) is 5.73 Å². The van der Waals surface area contributed by atoms with E-state index in [-0.39, 0.29) is 0 Å². The van der Waals surface area contributed by atoms with Gasteiger partial charge in [-0.25, -0.2) is 0 Å². The van der Waals surface area contributed by atoms with Crippen LogP contribution in [0.25, 0.3) is 0 Å². The van der Waals surface area contributed by atoms with Gasteiger partial charge in [0, 0.05) is 0 Å². The Morgan fingerprint density at radius 1 is 0.778 bits per heavy atom. The second-order valence-electron chi connectivity index (χ2n) is 0.408. The lowest BCUT2D eigenvalue weighted by atomic mass is 11.0. The number of nitrogens with two attached hydrogens (primary N) is 1. The third-order valence-corrected chi connectivity index (χ3v) is 0. The second-order valence-corrected chi connectivity index (χ2v) is 1.22. The van der Waals surface area contributed by atoms with Gasteiger partial charge in [0.15, 0.2) is 0 Å². The van der Waals surface area contributed by atoms with Crippen molar-refractivity contribution >= 4 is 11.8 Å². The molecule has 0 aliphatic carbocycles. The summed E-state index contributed by atoms with van der Waals surface area (Å²) in [6.07, 6.45) is 4.08. The van der Waals surface area contributed by atoms with E-state index in [0.29, 0.717) is 0 Å². The molecule has 0 spiro atoms. The molecule has 0 amide bonds. The van der Waals surface area contributed by atoms with Crippen LogP contribution in [0.1, 0.15) is 27.7 Å². The molecule has 0 saturated heterocycles. The van der Waals surface area contributed by atoms with Crippen LogP contribution in [0.2, 0.25) is 0 Å². The van der Waals surface area contributed by atoms with Crippen LogP contribution >= 0.6 is 11.8 Å². The van der Waals surface area contributed by atoms with Crippen molar-refractivity contribution in [3.05, 3.63) is 0 Å². The van der Waals surface area contributed by atoms with Gasteiger partial charge in [-0.15, -0.1) is 0 Å². The molecule has 0 aliphatic rings. The first-order valence-corrected chi connectivity index (χ1v) is 5.03. The van der Waals surface area contributed by atoms with Crippen molar-refractivity contribution in [3.8, 4) is 0 Å². The topological polar surface area (TPSA) is 26.0 Å². The molecule has 0 aromatic rings. The van der Waals surface area contributed by atoms with Crippen LogP contribution in [-0.4, -0.2) is 19.6 Å². The van der Waals surface area contributed by atoms with Crippen molar-refractivity contribution in [2.75, 3.05) is 19.6 Å². The summed E-state index contributed by atoms with van der Waals surface area (Å²) < 4.78 is 0. The number of thioether (sulfide) groups is 1. The van der Waals surface area contributed by atoms with E-state index in [1.807, 2.05) is 40.2 Å². The summed E-state index contributed by atoms with van der Waals surface area (Å²) in [6, 6.07) is 0. The van der Waals surface area contributed by atoms with Crippen LogP contribution in [-0.2, 0) is 0 Å². The third kappa shape index (κ3) is 3440. The van der Waals surface area contributed by atoms with E-state index in [9.17, 15) is 0 Å². The molecule has 0 aliphatic heterocycles. The van der Waals surface area contributed by atoms with Crippen molar-refractivity contribution in [1.82, 2.24) is 0 Å². The molecular formula is C7H23NS. The fourth-order valence-electron chi connectivity index (χ4n) is 0. The zero-order chi connectivity index (χ0) is 8.71. The highest BCUT2D eigenvalue weighted by atomic mass is 32.2. The Morgan fingerprint density at radius 2 is 0.778 bits per heavy atom. The molecule has 0 saturated carbocycles. The summed E-state index contributed by atoms with van der Waals surface area (Å²) in [6.45, 7) is 8.00. The lowest BCUT2D eigenvalue weighted by Gasteiger charge is -1.51. The summed E-state index contributed by atoms with van der Waals surface area (Å²) in [5, 5.41) is 0. The smallest absolute Gasteiger partial charge is 0.0187 e. The minimum absolute atomic E-state index is 1.50. The largest absolute Gasteiger partial charge is 0.333 e. The maximum atomic E-state index is 4.50. The quantitative estimate of drug-likeness (QED) is 0.579. The van der Waals surface area contributed by atoms with Crippen molar-refractivity contribution < 1.29 is 0 Å². The molecule has 2 heteroatoms. The summed E-state index contributed by atoms with van der Waals surface area (Å²) in [5.41, 5.74) is 4.50. The van der Waals surface area contributed by atoms with Gasteiger partial charge in [0.25, 0.3) is 0 Å². The Labute approximate surface area is 65.4 Å². The van der Waals surface area contributed by atoms with Crippen molar-refractivity contribution in [2.45, 2.75) is 27.7 Å². The van der Waals surface area contributed by atoms with E-state index >= 15 is 0 Å². The van der Waals surface area contributed by atoms with Gasteiger partial charge in [-0.1, -0.05) is 27.7 Å². The summed E-state index contributed by atoms with van der Waals surface area (Å²) in [7, 11) is 1.50. The maximum Gasteiger partial charge on any atom is -0.0187 e. The fourth-order valence-corrected chi connectivity index (χ4v) is 0. The van der Waals surface area contributed by atoms with E-state index < -0.39 is 0 Å². The number of rotatable bonds is 0. The van der Waals surface area contributed by atoms with Crippen LogP contribution in [0.3, 0.4) is 0 Å². The molecule has 1 nitrogen and oxygen atoms in total. The maximum absolute atomic E-state index is 4.50. The van der Waals surface area contributed by atoms with E-state index in [1.165, 1.54) is 7.05 Å². The van der Waals surface area contributed by atoms with Crippen LogP contribution < -0.4 is 5.73 Å².